The topological polar surface area (TPSA) is 39.7 Å². The largest absolute Gasteiger partial charge is 0.497 e. The molecule has 0 aliphatic carbocycles. The molecule has 1 aromatic rings. The summed E-state index contributed by atoms with van der Waals surface area (Å²) in [5.74, 6) is 2.31. The van der Waals surface area contributed by atoms with Crippen LogP contribution in [0.3, 0.4) is 0 Å². The summed E-state index contributed by atoms with van der Waals surface area (Å²) in [5, 5.41) is 3.64. The molecule has 0 radical (unpaired) electrons. The van der Waals surface area contributed by atoms with Crippen molar-refractivity contribution >= 4 is 0 Å². The molecule has 116 valence electrons. The summed E-state index contributed by atoms with van der Waals surface area (Å²) in [5.41, 5.74) is 1.18. The van der Waals surface area contributed by atoms with E-state index in [0.29, 0.717) is 18.1 Å². The first-order valence-corrected chi connectivity index (χ1v) is 7.87. The highest BCUT2D eigenvalue weighted by Crippen LogP contribution is 2.46. The number of nitrogens with one attached hydrogen (secondary N) is 1. The number of benzene rings is 1. The second kappa shape index (κ2) is 6.24. The van der Waals surface area contributed by atoms with Crippen molar-refractivity contribution in [3.63, 3.8) is 0 Å². The number of ether oxygens (including phenoxy) is 3. The van der Waals surface area contributed by atoms with Gasteiger partial charge in [-0.2, -0.15) is 0 Å². The van der Waals surface area contributed by atoms with Crippen molar-refractivity contribution in [1.82, 2.24) is 5.32 Å². The van der Waals surface area contributed by atoms with E-state index in [1.165, 1.54) is 18.4 Å². The van der Waals surface area contributed by atoms with Crippen LogP contribution in [0.15, 0.2) is 18.2 Å². The zero-order valence-electron chi connectivity index (χ0n) is 13.1. The lowest BCUT2D eigenvalue weighted by Gasteiger charge is -2.30. The third-order valence-electron chi connectivity index (χ3n) is 4.78. The molecule has 0 aromatic heterocycles. The molecule has 2 heterocycles. The molecule has 3 rings (SSSR count). The first kappa shape index (κ1) is 14.7. The molecule has 2 aliphatic rings. The second-order valence-corrected chi connectivity index (χ2v) is 5.92. The molecule has 2 saturated heterocycles. The van der Waals surface area contributed by atoms with Crippen LogP contribution in [0.1, 0.15) is 37.8 Å². The number of hydrogen-bond donors (Lipinski definition) is 1. The molecular formula is C17H25NO3. The lowest BCUT2D eigenvalue weighted by atomic mass is 9.80. The summed E-state index contributed by atoms with van der Waals surface area (Å²) in [6, 6.07) is 6.29. The van der Waals surface area contributed by atoms with Crippen LogP contribution in [0.2, 0.25) is 0 Å². The Bertz CT molecular complexity index is 491. The van der Waals surface area contributed by atoms with Crippen molar-refractivity contribution in [3.05, 3.63) is 23.8 Å². The first-order chi connectivity index (χ1) is 10.3. The molecule has 2 bridgehead atoms. The second-order valence-electron chi connectivity index (χ2n) is 5.92. The fourth-order valence-corrected chi connectivity index (χ4v) is 3.82. The van der Waals surface area contributed by atoms with Gasteiger partial charge >= 0.3 is 0 Å². The Morgan fingerprint density at radius 1 is 1.29 bits per heavy atom. The molecule has 1 aromatic carbocycles. The molecule has 0 saturated carbocycles. The van der Waals surface area contributed by atoms with E-state index < -0.39 is 0 Å². The third-order valence-corrected chi connectivity index (χ3v) is 4.78. The number of rotatable bonds is 6. The Balaban J connectivity index is 1.93. The van der Waals surface area contributed by atoms with Crippen LogP contribution in [0, 0.1) is 5.92 Å². The standard InChI is InChI=1S/C17H25NO3/c1-4-18-17(14-10-12-6-8-16(14)21-12)13-9-11(19-2)5-7-15(13)20-3/h5,7,9,12,14,16-18H,4,6,8,10H2,1-3H3. The Morgan fingerprint density at radius 3 is 2.71 bits per heavy atom. The van der Waals surface area contributed by atoms with Gasteiger partial charge in [0.05, 0.1) is 26.4 Å². The normalized spacial score (nSPS) is 28.6. The van der Waals surface area contributed by atoms with Crippen LogP contribution in [0.25, 0.3) is 0 Å². The van der Waals surface area contributed by atoms with E-state index in [9.17, 15) is 0 Å². The van der Waals surface area contributed by atoms with Crippen LogP contribution in [-0.2, 0) is 4.74 Å². The number of methoxy groups -OCH3 is 2. The predicted octanol–water partition coefficient (Wildman–Crippen LogP) is 2.92. The third kappa shape index (κ3) is 2.74. The smallest absolute Gasteiger partial charge is 0.123 e. The van der Waals surface area contributed by atoms with E-state index in [-0.39, 0.29) is 6.04 Å². The van der Waals surface area contributed by atoms with Crippen LogP contribution in [0.4, 0.5) is 0 Å². The molecule has 0 amide bonds. The van der Waals surface area contributed by atoms with Gasteiger partial charge in [-0.1, -0.05) is 6.92 Å². The predicted molar refractivity (Wildman–Crippen MR) is 82.0 cm³/mol. The number of hydrogen-bond acceptors (Lipinski definition) is 4. The maximum Gasteiger partial charge on any atom is 0.123 e. The Morgan fingerprint density at radius 2 is 2.14 bits per heavy atom. The van der Waals surface area contributed by atoms with Crippen molar-refractivity contribution < 1.29 is 14.2 Å². The van der Waals surface area contributed by atoms with E-state index in [2.05, 4.69) is 18.3 Å². The minimum absolute atomic E-state index is 0.260. The van der Waals surface area contributed by atoms with Crippen molar-refractivity contribution in [2.24, 2.45) is 5.92 Å². The van der Waals surface area contributed by atoms with E-state index in [4.69, 9.17) is 14.2 Å². The lowest BCUT2D eigenvalue weighted by Crippen LogP contribution is -2.34. The monoisotopic (exact) mass is 291 g/mol. The zero-order valence-corrected chi connectivity index (χ0v) is 13.1. The van der Waals surface area contributed by atoms with E-state index in [0.717, 1.165) is 24.5 Å². The van der Waals surface area contributed by atoms with Gasteiger partial charge in [0.2, 0.25) is 0 Å². The SMILES string of the molecule is CCNC(c1cc(OC)ccc1OC)C1CC2CCC1O2. The molecule has 4 unspecified atom stereocenters. The van der Waals surface area contributed by atoms with Gasteiger partial charge in [0, 0.05) is 17.5 Å². The summed E-state index contributed by atoms with van der Waals surface area (Å²) < 4.78 is 17.0. The molecule has 0 spiro atoms. The quantitative estimate of drug-likeness (QED) is 0.875. The first-order valence-electron chi connectivity index (χ1n) is 7.87. The average Bonchev–Trinajstić information content (AvgIpc) is 3.15. The van der Waals surface area contributed by atoms with Gasteiger partial charge in [0.1, 0.15) is 11.5 Å². The average molecular weight is 291 g/mol. The maximum absolute atomic E-state index is 6.05. The van der Waals surface area contributed by atoms with Crippen LogP contribution < -0.4 is 14.8 Å². The van der Waals surface area contributed by atoms with Gasteiger partial charge < -0.3 is 19.5 Å². The van der Waals surface area contributed by atoms with Crippen molar-refractivity contribution in [1.29, 1.82) is 0 Å². The van der Waals surface area contributed by atoms with Gasteiger partial charge in [0.15, 0.2) is 0 Å². The Kier molecular flexibility index (Phi) is 4.36. The Hall–Kier alpha value is -1.26. The molecule has 21 heavy (non-hydrogen) atoms. The zero-order chi connectivity index (χ0) is 14.8. The van der Waals surface area contributed by atoms with Gasteiger partial charge in [-0.25, -0.2) is 0 Å². The van der Waals surface area contributed by atoms with Crippen LogP contribution >= 0.6 is 0 Å². The van der Waals surface area contributed by atoms with E-state index in [1.54, 1.807) is 14.2 Å². The number of fused-ring (bicyclic) bond motifs is 2. The summed E-state index contributed by atoms with van der Waals surface area (Å²) in [7, 11) is 3.43. The van der Waals surface area contributed by atoms with Crippen molar-refractivity contribution in [3.8, 4) is 11.5 Å². The van der Waals surface area contributed by atoms with Crippen molar-refractivity contribution in [2.45, 2.75) is 44.4 Å². The molecule has 4 heteroatoms. The Labute approximate surface area is 126 Å². The maximum atomic E-state index is 6.05. The van der Waals surface area contributed by atoms with Crippen molar-refractivity contribution in [2.75, 3.05) is 20.8 Å². The van der Waals surface area contributed by atoms with Crippen LogP contribution in [-0.4, -0.2) is 33.0 Å². The minimum Gasteiger partial charge on any atom is -0.497 e. The summed E-state index contributed by atoms with van der Waals surface area (Å²) >= 11 is 0. The highest BCUT2D eigenvalue weighted by molar-refractivity contribution is 5.43. The highest BCUT2D eigenvalue weighted by Gasteiger charge is 2.45. The molecule has 4 nitrogen and oxygen atoms in total. The molecule has 1 N–H and O–H groups in total. The van der Waals surface area contributed by atoms with Crippen LogP contribution in [0.5, 0.6) is 11.5 Å². The van der Waals surface area contributed by atoms with Gasteiger partial charge in [-0.05, 0) is 44.0 Å². The highest BCUT2D eigenvalue weighted by atomic mass is 16.5. The fourth-order valence-electron chi connectivity index (χ4n) is 3.82. The molecular weight excluding hydrogens is 266 g/mol. The molecule has 2 fully saturated rings. The fraction of sp³-hybridized carbons (Fsp3) is 0.647. The lowest BCUT2D eigenvalue weighted by molar-refractivity contribution is 0.0856. The van der Waals surface area contributed by atoms with Gasteiger partial charge in [0.25, 0.3) is 0 Å². The van der Waals surface area contributed by atoms with Gasteiger partial charge in [-0.15, -0.1) is 0 Å². The minimum atomic E-state index is 0.260. The summed E-state index contributed by atoms with van der Waals surface area (Å²) in [4.78, 5) is 0. The summed E-state index contributed by atoms with van der Waals surface area (Å²) in [6.07, 6.45) is 4.38. The molecule has 2 aliphatic heterocycles. The van der Waals surface area contributed by atoms with E-state index >= 15 is 0 Å². The van der Waals surface area contributed by atoms with Gasteiger partial charge in [-0.3, -0.25) is 0 Å². The molecule has 4 atom stereocenters. The van der Waals surface area contributed by atoms with E-state index in [1.807, 2.05) is 12.1 Å². The summed E-state index contributed by atoms with van der Waals surface area (Å²) in [6.45, 7) is 3.08.